The minimum Gasteiger partial charge on any atom is -0.496 e. The van der Waals surface area contributed by atoms with Crippen molar-refractivity contribution in [2.45, 2.75) is 26.5 Å². The van der Waals surface area contributed by atoms with Crippen molar-refractivity contribution in [3.8, 4) is 5.75 Å². The molecule has 25 heavy (non-hydrogen) atoms. The van der Waals surface area contributed by atoms with Gasteiger partial charge in [-0.1, -0.05) is 18.2 Å². The number of methoxy groups -OCH3 is 1. The predicted octanol–water partition coefficient (Wildman–Crippen LogP) is 1.53. The number of aliphatic hydroxyl groups is 1. The third kappa shape index (κ3) is 4.84. The largest absolute Gasteiger partial charge is 0.496 e. The van der Waals surface area contributed by atoms with Crippen molar-refractivity contribution in [3.05, 3.63) is 63.1 Å². The van der Waals surface area contributed by atoms with Crippen LogP contribution in [0.1, 0.15) is 28.5 Å². The van der Waals surface area contributed by atoms with Gasteiger partial charge in [-0.3, -0.25) is 4.79 Å². The summed E-state index contributed by atoms with van der Waals surface area (Å²) in [7, 11) is 1.52. The maximum absolute atomic E-state index is 11.9. The molecule has 2 aromatic rings. The van der Waals surface area contributed by atoms with Crippen LogP contribution in [0.4, 0.5) is 4.79 Å². The molecule has 2 rings (SSSR count). The highest BCUT2D eigenvalue weighted by Crippen LogP contribution is 2.23. The molecule has 0 saturated carbocycles. The van der Waals surface area contributed by atoms with Crippen LogP contribution in [0.25, 0.3) is 0 Å². The molecule has 134 valence electrons. The Bertz CT molecular complexity index is 801. The van der Waals surface area contributed by atoms with Crippen molar-refractivity contribution >= 4 is 6.03 Å². The molecule has 0 aliphatic carbocycles. The van der Waals surface area contributed by atoms with E-state index in [4.69, 9.17) is 4.74 Å². The minimum absolute atomic E-state index is 0.0233. The van der Waals surface area contributed by atoms with E-state index in [9.17, 15) is 14.7 Å². The maximum atomic E-state index is 11.9. The van der Waals surface area contributed by atoms with Crippen molar-refractivity contribution in [1.82, 2.24) is 15.6 Å². The van der Waals surface area contributed by atoms with Gasteiger partial charge in [0, 0.05) is 23.4 Å². The molecular formula is C18H23N3O4. The van der Waals surface area contributed by atoms with Crippen LogP contribution in [0.5, 0.6) is 5.75 Å². The molecule has 0 aliphatic heterocycles. The summed E-state index contributed by atoms with van der Waals surface area (Å²) in [6.45, 7) is 3.76. The number of urea groups is 1. The van der Waals surface area contributed by atoms with Crippen LogP contribution in [0.3, 0.4) is 0 Å². The molecule has 4 N–H and O–H groups in total. The average Bonchev–Trinajstić information content (AvgIpc) is 2.58. The van der Waals surface area contributed by atoms with Gasteiger partial charge in [0.1, 0.15) is 5.75 Å². The van der Waals surface area contributed by atoms with Crippen LogP contribution in [-0.2, 0) is 6.54 Å². The lowest BCUT2D eigenvalue weighted by atomic mass is 10.1. The Balaban J connectivity index is 1.90. The Morgan fingerprint density at radius 1 is 1.28 bits per heavy atom. The smallest absolute Gasteiger partial charge is 0.315 e. The van der Waals surface area contributed by atoms with Crippen molar-refractivity contribution in [2.75, 3.05) is 13.7 Å². The van der Waals surface area contributed by atoms with Crippen molar-refractivity contribution < 1.29 is 14.6 Å². The van der Waals surface area contributed by atoms with E-state index in [-0.39, 0.29) is 18.6 Å². The summed E-state index contributed by atoms with van der Waals surface area (Å²) < 4.78 is 5.19. The fraction of sp³-hybridized carbons (Fsp3) is 0.333. The number of carbonyl (C=O) groups is 1. The molecule has 1 aromatic heterocycles. The highest BCUT2D eigenvalue weighted by molar-refractivity contribution is 5.73. The summed E-state index contributed by atoms with van der Waals surface area (Å²) in [5.74, 6) is 0.555. The fourth-order valence-electron chi connectivity index (χ4n) is 2.57. The van der Waals surface area contributed by atoms with E-state index in [2.05, 4.69) is 15.6 Å². The lowest BCUT2D eigenvalue weighted by Crippen LogP contribution is -2.38. The first-order valence-corrected chi connectivity index (χ1v) is 7.94. The van der Waals surface area contributed by atoms with E-state index < -0.39 is 12.1 Å². The second kappa shape index (κ2) is 8.34. The number of aromatic amines is 1. The minimum atomic E-state index is -0.897. The number of aliphatic hydroxyl groups excluding tert-OH is 1. The molecule has 0 saturated heterocycles. The fourth-order valence-corrected chi connectivity index (χ4v) is 2.57. The Morgan fingerprint density at radius 2 is 2.00 bits per heavy atom. The standard InChI is InChI=1S/C18H23N3O4/c1-11-8-12(2)21-17(23)14(11)9-19-18(24)20-10-15(22)13-6-4-5-7-16(13)25-3/h4-8,15,22H,9-10H2,1-3H3,(H,21,23)(H2,19,20,24). The predicted molar refractivity (Wildman–Crippen MR) is 94.7 cm³/mol. The molecule has 1 unspecified atom stereocenters. The van der Waals surface area contributed by atoms with E-state index in [0.717, 1.165) is 11.3 Å². The second-order valence-corrected chi connectivity index (χ2v) is 5.76. The summed E-state index contributed by atoms with van der Waals surface area (Å²) in [5, 5.41) is 15.4. The van der Waals surface area contributed by atoms with Crippen molar-refractivity contribution in [3.63, 3.8) is 0 Å². The summed E-state index contributed by atoms with van der Waals surface area (Å²) >= 11 is 0. The molecule has 2 amide bonds. The number of rotatable bonds is 6. The maximum Gasteiger partial charge on any atom is 0.315 e. The molecular weight excluding hydrogens is 322 g/mol. The van der Waals surface area contributed by atoms with Crippen LogP contribution >= 0.6 is 0 Å². The summed E-state index contributed by atoms with van der Waals surface area (Å²) in [4.78, 5) is 26.5. The molecule has 0 bridgehead atoms. The van der Waals surface area contributed by atoms with E-state index in [1.54, 1.807) is 31.2 Å². The third-order valence-electron chi connectivity index (χ3n) is 3.87. The number of aryl methyl sites for hydroxylation is 2. The van der Waals surface area contributed by atoms with Gasteiger partial charge in [0.25, 0.3) is 5.56 Å². The summed E-state index contributed by atoms with van der Waals surface area (Å²) in [6.07, 6.45) is -0.897. The highest BCUT2D eigenvalue weighted by Gasteiger charge is 2.14. The molecule has 0 fully saturated rings. The van der Waals surface area contributed by atoms with Gasteiger partial charge in [-0.25, -0.2) is 4.79 Å². The Kier molecular flexibility index (Phi) is 6.19. The normalized spacial score (nSPS) is 11.7. The molecule has 0 aliphatic rings. The number of aromatic nitrogens is 1. The van der Waals surface area contributed by atoms with Crippen LogP contribution in [-0.4, -0.2) is 29.8 Å². The van der Waals surface area contributed by atoms with Crippen molar-refractivity contribution in [2.24, 2.45) is 0 Å². The van der Waals surface area contributed by atoms with E-state index >= 15 is 0 Å². The number of H-pyrrole nitrogens is 1. The number of nitrogens with one attached hydrogen (secondary N) is 3. The zero-order valence-electron chi connectivity index (χ0n) is 14.6. The van der Waals surface area contributed by atoms with Gasteiger partial charge in [0.2, 0.25) is 0 Å². The quantitative estimate of drug-likeness (QED) is 0.637. The van der Waals surface area contributed by atoms with Gasteiger partial charge in [-0.2, -0.15) is 0 Å². The molecule has 0 spiro atoms. The van der Waals surface area contributed by atoms with E-state index in [1.807, 2.05) is 13.0 Å². The van der Waals surface area contributed by atoms with Crippen LogP contribution in [0.15, 0.2) is 35.1 Å². The number of amides is 2. The third-order valence-corrected chi connectivity index (χ3v) is 3.87. The first kappa shape index (κ1) is 18.5. The van der Waals surface area contributed by atoms with Crippen LogP contribution in [0.2, 0.25) is 0 Å². The van der Waals surface area contributed by atoms with Gasteiger partial charge in [0.15, 0.2) is 0 Å². The summed E-state index contributed by atoms with van der Waals surface area (Å²) in [5.41, 5.74) is 2.47. The number of hydrogen-bond acceptors (Lipinski definition) is 4. The number of carbonyl (C=O) groups excluding carboxylic acids is 1. The average molecular weight is 345 g/mol. The highest BCUT2D eigenvalue weighted by atomic mass is 16.5. The van der Waals surface area contributed by atoms with Gasteiger partial charge in [0.05, 0.1) is 19.8 Å². The monoisotopic (exact) mass is 345 g/mol. The zero-order chi connectivity index (χ0) is 18.4. The molecule has 7 heteroatoms. The van der Waals surface area contributed by atoms with Gasteiger partial charge in [-0.05, 0) is 31.5 Å². The molecule has 7 nitrogen and oxygen atoms in total. The molecule has 0 radical (unpaired) electrons. The molecule has 1 aromatic carbocycles. The Labute approximate surface area is 146 Å². The lowest BCUT2D eigenvalue weighted by molar-refractivity contribution is 0.169. The Morgan fingerprint density at radius 3 is 2.68 bits per heavy atom. The number of hydrogen-bond donors (Lipinski definition) is 4. The molecule has 1 atom stereocenters. The van der Waals surface area contributed by atoms with Crippen LogP contribution < -0.4 is 20.9 Å². The van der Waals surface area contributed by atoms with Gasteiger partial charge in [-0.15, -0.1) is 0 Å². The second-order valence-electron chi connectivity index (χ2n) is 5.76. The first-order chi connectivity index (χ1) is 11.9. The Hall–Kier alpha value is -2.80. The number of benzene rings is 1. The lowest BCUT2D eigenvalue weighted by Gasteiger charge is -2.16. The number of para-hydroxylation sites is 1. The zero-order valence-corrected chi connectivity index (χ0v) is 14.6. The SMILES string of the molecule is COc1ccccc1C(O)CNC(=O)NCc1c(C)cc(C)[nH]c1=O. The first-order valence-electron chi connectivity index (χ1n) is 7.94. The summed E-state index contributed by atoms with van der Waals surface area (Å²) in [6, 6.07) is 8.45. The topological polar surface area (TPSA) is 103 Å². The van der Waals surface area contributed by atoms with Gasteiger partial charge >= 0.3 is 6.03 Å². The van der Waals surface area contributed by atoms with Gasteiger partial charge < -0.3 is 25.5 Å². The van der Waals surface area contributed by atoms with Crippen LogP contribution in [0, 0.1) is 13.8 Å². The van der Waals surface area contributed by atoms with E-state index in [0.29, 0.717) is 16.9 Å². The van der Waals surface area contributed by atoms with Crippen molar-refractivity contribution in [1.29, 1.82) is 0 Å². The number of pyridine rings is 1. The number of ether oxygens (including phenoxy) is 1. The molecule has 1 heterocycles. The van der Waals surface area contributed by atoms with E-state index in [1.165, 1.54) is 7.11 Å².